The molecule has 0 unspecified atom stereocenters. The first kappa shape index (κ1) is 21.8. The normalized spacial score (nSPS) is 10.4. The second-order valence-corrected chi connectivity index (χ2v) is 6.41. The van der Waals surface area contributed by atoms with Crippen LogP contribution < -0.4 is 14.8 Å². The fourth-order valence-electron chi connectivity index (χ4n) is 2.77. The van der Waals surface area contributed by atoms with Gasteiger partial charge in [-0.3, -0.25) is 4.79 Å². The van der Waals surface area contributed by atoms with Crippen molar-refractivity contribution in [1.82, 2.24) is 15.0 Å². The minimum Gasteiger partial charge on any atom is -0.490 e. The summed E-state index contributed by atoms with van der Waals surface area (Å²) in [5.74, 6) is -0.109. The van der Waals surface area contributed by atoms with Gasteiger partial charge in [-0.05, 0) is 45.0 Å². The Kier molecular flexibility index (Phi) is 7.21. The van der Waals surface area contributed by atoms with Gasteiger partial charge in [0.15, 0.2) is 23.8 Å². The minimum atomic E-state index is -0.725. The lowest BCUT2D eigenvalue weighted by Crippen LogP contribution is -2.21. The number of aryl methyl sites for hydroxylation is 1. The topological polar surface area (TPSA) is 105 Å². The van der Waals surface area contributed by atoms with Crippen molar-refractivity contribution < 1.29 is 23.8 Å². The van der Waals surface area contributed by atoms with Gasteiger partial charge in [-0.25, -0.2) is 4.79 Å². The molecule has 0 radical (unpaired) electrons. The number of aromatic nitrogens is 3. The number of benzene rings is 2. The molecule has 0 bridgehead atoms. The van der Waals surface area contributed by atoms with E-state index in [-0.39, 0.29) is 5.69 Å². The van der Waals surface area contributed by atoms with Crippen LogP contribution in [0, 0.1) is 6.92 Å². The molecule has 0 spiro atoms. The van der Waals surface area contributed by atoms with Crippen LogP contribution in [0.15, 0.2) is 48.5 Å². The molecule has 0 saturated carbocycles. The molecule has 1 N–H and O–H groups in total. The number of rotatable bonds is 9. The van der Waals surface area contributed by atoms with E-state index in [4.69, 9.17) is 14.2 Å². The highest BCUT2D eigenvalue weighted by molar-refractivity contribution is 5.95. The zero-order valence-corrected chi connectivity index (χ0v) is 17.6. The van der Waals surface area contributed by atoms with Gasteiger partial charge in [-0.1, -0.05) is 18.2 Å². The highest BCUT2D eigenvalue weighted by Crippen LogP contribution is 2.30. The molecule has 3 aromatic rings. The molecule has 0 saturated heterocycles. The molecule has 31 heavy (non-hydrogen) atoms. The summed E-state index contributed by atoms with van der Waals surface area (Å²) in [5, 5.41) is 11.1. The highest BCUT2D eigenvalue weighted by Gasteiger charge is 2.19. The predicted octanol–water partition coefficient (Wildman–Crippen LogP) is 3.17. The van der Waals surface area contributed by atoms with Crippen molar-refractivity contribution in [1.29, 1.82) is 0 Å². The maximum Gasteiger partial charge on any atom is 0.361 e. The van der Waals surface area contributed by atoms with E-state index < -0.39 is 18.5 Å². The molecule has 1 aromatic heterocycles. The summed E-state index contributed by atoms with van der Waals surface area (Å²) in [4.78, 5) is 26.0. The molecular weight excluding hydrogens is 400 g/mol. The number of ether oxygens (including phenoxy) is 3. The predicted molar refractivity (Wildman–Crippen MR) is 114 cm³/mol. The van der Waals surface area contributed by atoms with E-state index in [1.807, 2.05) is 44.2 Å². The number of anilines is 1. The number of carbonyl (C=O) groups excluding carboxylic acids is 2. The Morgan fingerprint density at radius 3 is 2.39 bits per heavy atom. The number of hydrogen-bond donors (Lipinski definition) is 1. The van der Waals surface area contributed by atoms with Gasteiger partial charge in [0.25, 0.3) is 5.91 Å². The second-order valence-electron chi connectivity index (χ2n) is 6.41. The van der Waals surface area contributed by atoms with E-state index >= 15 is 0 Å². The van der Waals surface area contributed by atoms with Crippen LogP contribution in [0.3, 0.4) is 0 Å². The Morgan fingerprint density at radius 1 is 0.968 bits per heavy atom. The molecular formula is C22H24N4O5. The van der Waals surface area contributed by atoms with E-state index in [1.54, 1.807) is 25.1 Å². The summed E-state index contributed by atoms with van der Waals surface area (Å²) in [7, 11) is 0. The van der Waals surface area contributed by atoms with Gasteiger partial charge in [-0.2, -0.15) is 9.90 Å². The van der Waals surface area contributed by atoms with Gasteiger partial charge in [0.1, 0.15) is 0 Å². The van der Waals surface area contributed by atoms with Crippen molar-refractivity contribution in [3.8, 4) is 17.2 Å². The summed E-state index contributed by atoms with van der Waals surface area (Å²) in [6.07, 6.45) is 0. The number of nitrogens with zero attached hydrogens (tertiary/aromatic N) is 3. The van der Waals surface area contributed by atoms with Gasteiger partial charge in [0, 0.05) is 11.8 Å². The van der Waals surface area contributed by atoms with Crippen LogP contribution in [-0.4, -0.2) is 46.7 Å². The minimum absolute atomic E-state index is 0.0522. The largest absolute Gasteiger partial charge is 0.490 e. The van der Waals surface area contributed by atoms with Gasteiger partial charge in [-0.15, -0.1) is 5.10 Å². The molecule has 3 rings (SSSR count). The van der Waals surface area contributed by atoms with E-state index in [9.17, 15) is 9.59 Å². The maximum atomic E-state index is 12.4. The molecule has 1 amide bonds. The smallest absolute Gasteiger partial charge is 0.361 e. The van der Waals surface area contributed by atoms with Crippen LogP contribution in [0.1, 0.15) is 30.0 Å². The van der Waals surface area contributed by atoms with Crippen LogP contribution in [0.2, 0.25) is 0 Å². The average Bonchev–Trinajstić information content (AvgIpc) is 3.16. The molecule has 162 valence electrons. The number of amides is 1. The Labute approximate surface area is 179 Å². The fraction of sp³-hybridized carbons (Fsp3) is 0.273. The third kappa shape index (κ3) is 5.59. The standard InChI is InChI=1S/C22H24N4O5/c1-4-29-18-12-11-16(13-19(18)30-5-2)23-20(27)14-31-22(28)21-15(3)24-26(25-21)17-9-7-6-8-10-17/h6-13H,4-5,14H2,1-3H3,(H,23,27). The summed E-state index contributed by atoms with van der Waals surface area (Å²) >= 11 is 0. The Balaban J connectivity index is 1.60. The molecule has 0 fully saturated rings. The van der Waals surface area contributed by atoms with Crippen LogP contribution in [0.25, 0.3) is 5.69 Å². The van der Waals surface area contributed by atoms with Gasteiger partial charge in [0.2, 0.25) is 0 Å². The van der Waals surface area contributed by atoms with E-state index in [1.165, 1.54) is 4.80 Å². The second kappa shape index (κ2) is 10.2. The Morgan fingerprint density at radius 2 is 1.68 bits per heavy atom. The van der Waals surface area contributed by atoms with Crippen molar-refractivity contribution in [2.75, 3.05) is 25.1 Å². The van der Waals surface area contributed by atoms with Gasteiger partial charge in [0.05, 0.1) is 24.6 Å². The van der Waals surface area contributed by atoms with Crippen LogP contribution in [0.4, 0.5) is 5.69 Å². The lowest BCUT2D eigenvalue weighted by atomic mass is 10.2. The molecule has 9 nitrogen and oxygen atoms in total. The Bertz CT molecular complexity index is 1050. The van der Waals surface area contributed by atoms with Crippen molar-refractivity contribution in [2.24, 2.45) is 0 Å². The van der Waals surface area contributed by atoms with Crippen molar-refractivity contribution in [3.05, 3.63) is 59.9 Å². The molecule has 1 heterocycles. The third-order valence-electron chi connectivity index (χ3n) is 4.12. The number of para-hydroxylation sites is 1. The molecule has 0 aliphatic heterocycles. The molecule has 0 aliphatic carbocycles. The van der Waals surface area contributed by atoms with Crippen molar-refractivity contribution >= 4 is 17.6 Å². The molecule has 0 aliphatic rings. The fourth-order valence-corrected chi connectivity index (χ4v) is 2.77. The Hall–Kier alpha value is -3.88. The SMILES string of the molecule is CCOc1ccc(NC(=O)COC(=O)c2nn(-c3ccccc3)nc2C)cc1OCC. The summed E-state index contributed by atoms with van der Waals surface area (Å²) in [5.41, 5.74) is 1.67. The highest BCUT2D eigenvalue weighted by atomic mass is 16.5. The quantitative estimate of drug-likeness (QED) is 0.526. The first-order chi connectivity index (χ1) is 15.0. The van der Waals surface area contributed by atoms with E-state index in [0.29, 0.717) is 41.8 Å². The summed E-state index contributed by atoms with van der Waals surface area (Å²) in [6, 6.07) is 14.2. The van der Waals surface area contributed by atoms with Crippen LogP contribution in [0.5, 0.6) is 11.5 Å². The zero-order chi connectivity index (χ0) is 22.2. The monoisotopic (exact) mass is 424 g/mol. The van der Waals surface area contributed by atoms with Gasteiger partial charge < -0.3 is 19.5 Å². The average molecular weight is 424 g/mol. The molecule has 0 atom stereocenters. The van der Waals surface area contributed by atoms with Crippen molar-refractivity contribution in [2.45, 2.75) is 20.8 Å². The van der Waals surface area contributed by atoms with Crippen molar-refractivity contribution in [3.63, 3.8) is 0 Å². The molecule has 2 aromatic carbocycles. The summed E-state index contributed by atoms with van der Waals surface area (Å²) in [6.45, 7) is 5.87. The molecule has 9 heteroatoms. The lowest BCUT2D eigenvalue weighted by Gasteiger charge is -2.13. The number of carbonyl (C=O) groups is 2. The first-order valence-corrected chi connectivity index (χ1v) is 9.87. The number of hydrogen-bond acceptors (Lipinski definition) is 7. The third-order valence-corrected chi connectivity index (χ3v) is 4.12. The zero-order valence-electron chi connectivity index (χ0n) is 17.6. The summed E-state index contributed by atoms with van der Waals surface area (Å²) < 4.78 is 16.2. The van der Waals surface area contributed by atoms with Gasteiger partial charge >= 0.3 is 5.97 Å². The van der Waals surface area contributed by atoms with E-state index in [2.05, 4.69) is 15.5 Å². The van der Waals surface area contributed by atoms with E-state index in [0.717, 1.165) is 0 Å². The number of nitrogens with one attached hydrogen (secondary N) is 1. The first-order valence-electron chi connectivity index (χ1n) is 9.87. The maximum absolute atomic E-state index is 12.4. The number of esters is 1. The van der Waals surface area contributed by atoms with Crippen LogP contribution >= 0.6 is 0 Å². The lowest BCUT2D eigenvalue weighted by molar-refractivity contribution is -0.119. The van der Waals surface area contributed by atoms with Crippen LogP contribution in [-0.2, 0) is 9.53 Å².